The smallest absolute Gasteiger partial charge is 0.117 e. The fraction of sp³-hybridized carbons (Fsp3) is 0.167. The number of rotatable bonds is 1. The van der Waals surface area contributed by atoms with Gasteiger partial charge in [0.05, 0.1) is 5.02 Å². The first-order valence-electron chi connectivity index (χ1n) is 4.86. The predicted molar refractivity (Wildman–Crippen MR) is 63.6 cm³/mol. The normalized spacial score (nSPS) is 10.4. The van der Waals surface area contributed by atoms with Gasteiger partial charge in [0.15, 0.2) is 0 Å². The van der Waals surface area contributed by atoms with Crippen LogP contribution in [-0.4, -0.2) is 15.1 Å². The number of aromatic nitrogens is 2. The van der Waals surface area contributed by atoms with Crippen LogP contribution in [0, 0.1) is 13.8 Å². The molecule has 1 aromatic carbocycles. The van der Waals surface area contributed by atoms with Gasteiger partial charge in [-0.2, -0.15) is 0 Å². The summed E-state index contributed by atoms with van der Waals surface area (Å²) in [4.78, 5) is 8.30. The molecule has 0 aliphatic rings. The third kappa shape index (κ3) is 1.86. The first kappa shape index (κ1) is 10.9. The van der Waals surface area contributed by atoms with Crippen molar-refractivity contribution in [3.05, 3.63) is 40.9 Å². The van der Waals surface area contributed by atoms with Crippen molar-refractivity contribution in [1.29, 1.82) is 0 Å². The Morgan fingerprint density at radius 1 is 1.12 bits per heavy atom. The Morgan fingerprint density at radius 2 is 1.75 bits per heavy atom. The van der Waals surface area contributed by atoms with E-state index in [0.717, 1.165) is 22.5 Å². The lowest BCUT2D eigenvalue weighted by molar-refractivity contribution is 0.475. The van der Waals surface area contributed by atoms with Crippen molar-refractivity contribution in [3.63, 3.8) is 0 Å². The van der Waals surface area contributed by atoms with Crippen molar-refractivity contribution in [2.75, 3.05) is 0 Å². The van der Waals surface area contributed by atoms with Crippen molar-refractivity contribution in [2.45, 2.75) is 13.8 Å². The molecular formula is C12H11ClN2O. The van der Waals surface area contributed by atoms with Gasteiger partial charge in [0.1, 0.15) is 12.1 Å². The van der Waals surface area contributed by atoms with E-state index in [-0.39, 0.29) is 5.75 Å². The second-order valence-corrected chi connectivity index (χ2v) is 3.99. The Labute approximate surface area is 98.8 Å². The van der Waals surface area contributed by atoms with Crippen molar-refractivity contribution >= 4 is 11.6 Å². The van der Waals surface area contributed by atoms with Gasteiger partial charge in [0, 0.05) is 22.5 Å². The lowest BCUT2D eigenvalue weighted by Crippen LogP contribution is -1.95. The summed E-state index contributed by atoms with van der Waals surface area (Å²) in [5.74, 6) is 0.154. The van der Waals surface area contributed by atoms with Gasteiger partial charge in [-0.05, 0) is 32.0 Å². The van der Waals surface area contributed by atoms with E-state index < -0.39 is 0 Å². The third-order valence-corrected chi connectivity index (χ3v) is 2.76. The van der Waals surface area contributed by atoms with Gasteiger partial charge in [0.25, 0.3) is 0 Å². The molecule has 4 heteroatoms. The molecule has 0 atom stereocenters. The van der Waals surface area contributed by atoms with Crippen molar-refractivity contribution in [1.82, 2.24) is 9.97 Å². The van der Waals surface area contributed by atoms with Crippen LogP contribution in [0.3, 0.4) is 0 Å². The van der Waals surface area contributed by atoms with E-state index in [0.29, 0.717) is 5.02 Å². The average Bonchev–Trinajstić information content (AvgIpc) is 2.20. The van der Waals surface area contributed by atoms with E-state index in [2.05, 4.69) is 9.97 Å². The Bertz CT molecular complexity index is 520. The molecule has 0 bridgehead atoms. The lowest BCUT2D eigenvalue weighted by Gasteiger charge is -2.09. The maximum Gasteiger partial charge on any atom is 0.117 e. The molecule has 0 amide bonds. The van der Waals surface area contributed by atoms with Gasteiger partial charge in [-0.25, -0.2) is 9.97 Å². The van der Waals surface area contributed by atoms with E-state index in [4.69, 9.17) is 11.6 Å². The predicted octanol–water partition coefficient (Wildman–Crippen LogP) is 3.12. The lowest BCUT2D eigenvalue weighted by atomic mass is 10.0. The molecule has 1 aromatic heterocycles. The van der Waals surface area contributed by atoms with Gasteiger partial charge < -0.3 is 5.11 Å². The molecule has 2 rings (SSSR count). The second kappa shape index (κ2) is 4.10. The summed E-state index contributed by atoms with van der Waals surface area (Å²) in [5.41, 5.74) is 3.52. The zero-order valence-corrected chi connectivity index (χ0v) is 9.78. The minimum absolute atomic E-state index is 0.154. The molecule has 3 nitrogen and oxygen atoms in total. The number of hydrogen-bond donors (Lipinski definition) is 1. The molecule has 2 aromatic rings. The van der Waals surface area contributed by atoms with Crippen LogP contribution in [0.2, 0.25) is 5.02 Å². The maximum absolute atomic E-state index is 9.31. The molecular weight excluding hydrogens is 224 g/mol. The minimum Gasteiger partial charge on any atom is -0.508 e. The summed E-state index contributed by atoms with van der Waals surface area (Å²) in [6, 6.07) is 4.90. The fourth-order valence-corrected chi connectivity index (χ4v) is 1.96. The molecule has 1 N–H and O–H groups in total. The summed E-state index contributed by atoms with van der Waals surface area (Å²) in [6.07, 6.45) is 1.53. The molecule has 0 unspecified atom stereocenters. The van der Waals surface area contributed by atoms with Gasteiger partial charge in [0.2, 0.25) is 0 Å². The Hall–Kier alpha value is -1.61. The van der Waals surface area contributed by atoms with E-state index in [1.165, 1.54) is 12.4 Å². The number of benzene rings is 1. The third-order valence-electron chi connectivity index (χ3n) is 2.45. The largest absolute Gasteiger partial charge is 0.508 e. The zero-order chi connectivity index (χ0) is 11.7. The molecule has 0 radical (unpaired) electrons. The number of halogens is 1. The van der Waals surface area contributed by atoms with E-state index >= 15 is 0 Å². The van der Waals surface area contributed by atoms with Crippen LogP contribution in [0.15, 0.2) is 24.5 Å². The average molecular weight is 235 g/mol. The fourth-order valence-electron chi connectivity index (χ4n) is 1.69. The van der Waals surface area contributed by atoms with Crippen LogP contribution in [0.4, 0.5) is 0 Å². The van der Waals surface area contributed by atoms with Gasteiger partial charge in [-0.3, -0.25) is 0 Å². The molecule has 0 saturated carbocycles. The highest BCUT2D eigenvalue weighted by molar-refractivity contribution is 6.33. The molecule has 16 heavy (non-hydrogen) atoms. The maximum atomic E-state index is 9.31. The highest BCUT2D eigenvalue weighted by atomic mass is 35.5. The van der Waals surface area contributed by atoms with Crippen molar-refractivity contribution in [3.8, 4) is 16.9 Å². The molecule has 1 heterocycles. The number of aryl methyl sites for hydroxylation is 2. The summed E-state index contributed by atoms with van der Waals surface area (Å²) in [7, 11) is 0. The van der Waals surface area contributed by atoms with Gasteiger partial charge in [-0.15, -0.1) is 0 Å². The summed E-state index contributed by atoms with van der Waals surface area (Å²) in [6.45, 7) is 3.82. The topological polar surface area (TPSA) is 46.0 Å². The molecule has 0 fully saturated rings. The van der Waals surface area contributed by atoms with Crippen molar-refractivity contribution < 1.29 is 5.11 Å². The van der Waals surface area contributed by atoms with E-state index in [1.54, 1.807) is 12.1 Å². The molecule has 82 valence electrons. The zero-order valence-electron chi connectivity index (χ0n) is 9.03. The SMILES string of the molecule is Cc1ncnc(C)c1-c1ccc(O)cc1Cl. The van der Waals surface area contributed by atoms with Crippen molar-refractivity contribution in [2.24, 2.45) is 0 Å². The van der Waals surface area contributed by atoms with Crippen LogP contribution in [0.1, 0.15) is 11.4 Å². The van der Waals surface area contributed by atoms with Crippen LogP contribution in [0.5, 0.6) is 5.75 Å². The van der Waals surface area contributed by atoms with Crippen LogP contribution in [0.25, 0.3) is 11.1 Å². The number of phenolic OH excluding ortho intramolecular Hbond substituents is 1. The molecule has 0 spiro atoms. The highest BCUT2D eigenvalue weighted by Crippen LogP contribution is 2.33. The van der Waals surface area contributed by atoms with Crippen LogP contribution in [-0.2, 0) is 0 Å². The molecule has 0 aliphatic heterocycles. The second-order valence-electron chi connectivity index (χ2n) is 3.58. The number of phenols is 1. The van der Waals surface area contributed by atoms with Gasteiger partial charge >= 0.3 is 0 Å². The number of hydrogen-bond acceptors (Lipinski definition) is 3. The summed E-state index contributed by atoms with van der Waals surface area (Å²) >= 11 is 6.09. The first-order chi connectivity index (χ1) is 7.59. The molecule has 0 aliphatic carbocycles. The Balaban J connectivity index is 2.68. The van der Waals surface area contributed by atoms with Crippen LogP contribution < -0.4 is 0 Å². The number of aromatic hydroxyl groups is 1. The monoisotopic (exact) mass is 234 g/mol. The van der Waals surface area contributed by atoms with Crippen LogP contribution >= 0.6 is 11.6 Å². The Morgan fingerprint density at radius 3 is 2.31 bits per heavy atom. The first-order valence-corrected chi connectivity index (χ1v) is 5.24. The molecule has 0 saturated heterocycles. The minimum atomic E-state index is 0.154. The Kier molecular flexibility index (Phi) is 2.79. The summed E-state index contributed by atoms with van der Waals surface area (Å²) in [5, 5.41) is 9.81. The number of nitrogens with zero attached hydrogens (tertiary/aromatic N) is 2. The van der Waals surface area contributed by atoms with E-state index in [1.807, 2.05) is 13.8 Å². The van der Waals surface area contributed by atoms with E-state index in [9.17, 15) is 5.11 Å². The standard InChI is InChI=1S/C12H11ClN2O/c1-7-12(8(2)15-6-14-7)10-4-3-9(16)5-11(10)13/h3-6,16H,1-2H3. The quantitative estimate of drug-likeness (QED) is 0.825. The summed E-state index contributed by atoms with van der Waals surface area (Å²) < 4.78 is 0. The van der Waals surface area contributed by atoms with Gasteiger partial charge in [-0.1, -0.05) is 11.6 Å². The highest BCUT2D eigenvalue weighted by Gasteiger charge is 2.11.